The van der Waals surface area contributed by atoms with Gasteiger partial charge in [-0.2, -0.15) is 0 Å². The molecule has 0 spiro atoms. The molecule has 2 aromatic rings. The molecule has 3 nitrogen and oxygen atoms in total. The first kappa shape index (κ1) is 10.8. The van der Waals surface area contributed by atoms with E-state index in [9.17, 15) is 0 Å². The van der Waals surface area contributed by atoms with Gasteiger partial charge in [-0.3, -0.25) is 0 Å². The van der Waals surface area contributed by atoms with Crippen molar-refractivity contribution in [3.05, 3.63) is 40.7 Å². The van der Waals surface area contributed by atoms with Gasteiger partial charge in [0.15, 0.2) is 5.15 Å². The third-order valence-electron chi connectivity index (χ3n) is 3.21. The average Bonchev–Trinajstić information content (AvgIpc) is 2.68. The first-order valence-electron chi connectivity index (χ1n) is 5.79. The Balaban J connectivity index is 2.19. The van der Waals surface area contributed by atoms with Crippen molar-refractivity contribution in [2.24, 2.45) is 0 Å². The number of fused-ring (bicyclic) bond motifs is 1. The van der Waals surface area contributed by atoms with Crippen molar-refractivity contribution in [2.75, 3.05) is 6.54 Å². The molecule has 4 heteroatoms. The Bertz CT molecular complexity index is 560. The Hall–Kier alpha value is -1.32. The van der Waals surface area contributed by atoms with E-state index in [1.165, 1.54) is 11.1 Å². The van der Waals surface area contributed by atoms with Gasteiger partial charge in [0.2, 0.25) is 0 Å². The number of nitrogens with one attached hydrogen (secondary N) is 1. The van der Waals surface area contributed by atoms with E-state index < -0.39 is 0 Å². The van der Waals surface area contributed by atoms with Gasteiger partial charge in [0.1, 0.15) is 5.82 Å². The van der Waals surface area contributed by atoms with E-state index in [1.807, 2.05) is 12.1 Å². The smallest absolute Gasteiger partial charge is 0.152 e. The third-order valence-corrected chi connectivity index (χ3v) is 3.52. The number of nitrogens with zero attached hydrogens (tertiary/aromatic N) is 2. The minimum atomic E-state index is 0.621. The van der Waals surface area contributed by atoms with Gasteiger partial charge in [0, 0.05) is 25.2 Å². The molecule has 3 rings (SSSR count). The SMILES string of the molecule is Cc1ccccc1-c1nc(Cl)c2n1CCNC2. The van der Waals surface area contributed by atoms with Crippen LogP contribution >= 0.6 is 11.6 Å². The van der Waals surface area contributed by atoms with E-state index in [0.717, 1.165) is 31.2 Å². The lowest BCUT2D eigenvalue weighted by molar-refractivity contribution is 0.520. The van der Waals surface area contributed by atoms with Crippen molar-refractivity contribution < 1.29 is 0 Å². The van der Waals surface area contributed by atoms with Gasteiger partial charge in [-0.05, 0) is 12.5 Å². The second-order valence-corrected chi connectivity index (χ2v) is 4.67. The molecule has 0 atom stereocenters. The fraction of sp³-hybridized carbons (Fsp3) is 0.308. The normalized spacial score (nSPS) is 14.7. The number of imidazole rings is 1. The first-order chi connectivity index (χ1) is 8.27. The molecular formula is C13H14ClN3. The van der Waals surface area contributed by atoms with Crippen LogP contribution in [0.1, 0.15) is 11.3 Å². The molecule has 1 N–H and O–H groups in total. The van der Waals surface area contributed by atoms with Crippen LogP contribution in [0.2, 0.25) is 5.15 Å². The van der Waals surface area contributed by atoms with Crippen molar-refractivity contribution in [2.45, 2.75) is 20.0 Å². The summed E-state index contributed by atoms with van der Waals surface area (Å²) in [6, 6.07) is 8.29. The first-order valence-corrected chi connectivity index (χ1v) is 6.17. The van der Waals surface area contributed by atoms with Gasteiger partial charge in [0.25, 0.3) is 0 Å². The third kappa shape index (κ3) is 1.75. The van der Waals surface area contributed by atoms with Crippen LogP contribution in [0, 0.1) is 6.92 Å². The van der Waals surface area contributed by atoms with Gasteiger partial charge in [0.05, 0.1) is 5.69 Å². The summed E-state index contributed by atoms with van der Waals surface area (Å²) >= 11 is 6.19. The van der Waals surface area contributed by atoms with Crippen LogP contribution in [0.5, 0.6) is 0 Å². The quantitative estimate of drug-likeness (QED) is 0.840. The van der Waals surface area contributed by atoms with Crippen LogP contribution in [-0.4, -0.2) is 16.1 Å². The van der Waals surface area contributed by atoms with Crippen LogP contribution in [-0.2, 0) is 13.1 Å². The van der Waals surface area contributed by atoms with Crippen LogP contribution < -0.4 is 5.32 Å². The molecule has 88 valence electrons. The highest BCUT2D eigenvalue weighted by Crippen LogP contribution is 2.28. The molecule has 0 saturated heterocycles. The summed E-state index contributed by atoms with van der Waals surface area (Å²) in [5, 5.41) is 3.94. The zero-order chi connectivity index (χ0) is 11.8. The van der Waals surface area contributed by atoms with Crippen molar-refractivity contribution in [1.29, 1.82) is 0 Å². The molecule has 17 heavy (non-hydrogen) atoms. The predicted molar refractivity (Wildman–Crippen MR) is 69.1 cm³/mol. The summed E-state index contributed by atoms with van der Waals surface area (Å²) in [5.41, 5.74) is 3.49. The van der Waals surface area contributed by atoms with E-state index in [0.29, 0.717) is 5.15 Å². The van der Waals surface area contributed by atoms with Gasteiger partial charge < -0.3 is 9.88 Å². The summed E-state index contributed by atoms with van der Waals surface area (Å²) in [6.45, 7) is 4.81. The lowest BCUT2D eigenvalue weighted by Gasteiger charge is -2.18. The van der Waals surface area contributed by atoms with E-state index >= 15 is 0 Å². The summed E-state index contributed by atoms with van der Waals surface area (Å²) in [5.74, 6) is 0.990. The molecule has 0 radical (unpaired) electrons. The molecule has 0 amide bonds. The van der Waals surface area contributed by atoms with E-state index in [2.05, 4.69) is 33.9 Å². The number of hydrogen-bond acceptors (Lipinski definition) is 2. The molecule has 1 aliphatic rings. The Morgan fingerprint density at radius 3 is 3.00 bits per heavy atom. The molecular weight excluding hydrogens is 234 g/mol. The van der Waals surface area contributed by atoms with Crippen molar-refractivity contribution in [1.82, 2.24) is 14.9 Å². The van der Waals surface area contributed by atoms with Crippen LogP contribution in [0.4, 0.5) is 0 Å². The fourth-order valence-electron chi connectivity index (χ4n) is 2.29. The average molecular weight is 248 g/mol. The minimum absolute atomic E-state index is 0.621. The topological polar surface area (TPSA) is 29.9 Å². The summed E-state index contributed by atoms with van der Waals surface area (Å²) in [7, 11) is 0. The Labute approximate surface area is 105 Å². The molecule has 1 aromatic heterocycles. The standard InChI is InChI=1S/C13H14ClN3/c1-9-4-2-3-5-10(9)13-16-12(14)11-8-15-6-7-17(11)13/h2-5,15H,6-8H2,1H3. The van der Waals surface area contributed by atoms with Gasteiger partial charge >= 0.3 is 0 Å². The van der Waals surface area contributed by atoms with Crippen molar-refractivity contribution in [3.8, 4) is 11.4 Å². The number of hydrogen-bond donors (Lipinski definition) is 1. The molecule has 0 unspecified atom stereocenters. The van der Waals surface area contributed by atoms with Gasteiger partial charge in [-0.15, -0.1) is 0 Å². The molecule has 0 bridgehead atoms. The second kappa shape index (κ2) is 4.17. The number of aryl methyl sites for hydroxylation is 1. The number of rotatable bonds is 1. The number of halogens is 1. The molecule has 2 heterocycles. The molecule has 0 fully saturated rings. The molecule has 1 aliphatic heterocycles. The zero-order valence-electron chi connectivity index (χ0n) is 9.70. The Morgan fingerprint density at radius 1 is 1.35 bits per heavy atom. The van der Waals surface area contributed by atoms with Crippen molar-refractivity contribution in [3.63, 3.8) is 0 Å². The maximum Gasteiger partial charge on any atom is 0.152 e. The molecule has 0 aliphatic carbocycles. The number of benzene rings is 1. The van der Waals surface area contributed by atoms with Crippen molar-refractivity contribution >= 4 is 11.6 Å². The van der Waals surface area contributed by atoms with Crippen LogP contribution in [0.15, 0.2) is 24.3 Å². The highest BCUT2D eigenvalue weighted by atomic mass is 35.5. The maximum absolute atomic E-state index is 6.19. The van der Waals surface area contributed by atoms with E-state index in [-0.39, 0.29) is 0 Å². The van der Waals surface area contributed by atoms with E-state index in [1.54, 1.807) is 0 Å². The highest BCUT2D eigenvalue weighted by molar-refractivity contribution is 6.30. The summed E-state index contributed by atoms with van der Waals surface area (Å²) in [6.07, 6.45) is 0. The van der Waals surface area contributed by atoms with Crippen LogP contribution in [0.25, 0.3) is 11.4 Å². The lowest BCUT2D eigenvalue weighted by atomic mass is 10.1. The number of aromatic nitrogens is 2. The van der Waals surface area contributed by atoms with Gasteiger partial charge in [-0.25, -0.2) is 4.98 Å². The maximum atomic E-state index is 6.19. The summed E-state index contributed by atoms with van der Waals surface area (Å²) < 4.78 is 2.22. The zero-order valence-corrected chi connectivity index (χ0v) is 10.5. The van der Waals surface area contributed by atoms with Crippen LogP contribution in [0.3, 0.4) is 0 Å². The second-order valence-electron chi connectivity index (χ2n) is 4.32. The molecule has 0 saturated carbocycles. The Kier molecular flexibility index (Phi) is 2.65. The largest absolute Gasteiger partial charge is 0.324 e. The summed E-state index contributed by atoms with van der Waals surface area (Å²) in [4.78, 5) is 4.51. The van der Waals surface area contributed by atoms with Gasteiger partial charge in [-0.1, -0.05) is 35.9 Å². The fourth-order valence-corrected chi connectivity index (χ4v) is 2.54. The Morgan fingerprint density at radius 2 is 2.18 bits per heavy atom. The minimum Gasteiger partial charge on any atom is -0.324 e. The molecule has 1 aromatic carbocycles. The van der Waals surface area contributed by atoms with E-state index in [4.69, 9.17) is 11.6 Å². The lowest BCUT2D eigenvalue weighted by Crippen LogP contribution is -2.28. The highest BCUT2D eigenvalue weighted by Gasteiger charge is 2.20. The predicted octanol–water partition coefficient (Wildman–Crippen LogP) is 2.62. The monoisotopic (exact) mass is 247 g/mol.